The molecule has 0 unspecified atom stereocenters. The summed E-state index contributed by atoms with van der Waals surface area (Å²) in [7, 11) is -3.76. The van der Waals surface area contributed by atoms with Crippen LogP contribution in [0.1, 0.15) is 38.7 Å². The summed E-state index contributed by atoms with van der Waals surface area (Å²) in [5.41, 5.74) is 0.495. The number of hydrogen-bond acceptors (Lipinski definition) is 6. The summed E-state index contributed by atoms with van der Waals surface area (Å²) in [5, 5.41) is 2.66. The first kappa shape index (κ1) is 19.3. The fourth-order valence-electron chi connectivity index (χ4n) is 3.32. The number of hydrogen-bond donors (Lipinski definition) is 1. The minimum Gasteiger partial charge on any atom is -0.454 e. The number of esters is 1. The quantitative estimate of drug-likeness (QED) is 0.767. The standard InChI is InChI=1S/C18H23N3O5S/c1-12(2)19-16(22)11-26-18(23)14-8-5-6-10-21(14)17-13-7-3-4-9-15(13)27(24,25)20-17/h3-4,7,9,12,14H,5-6,8,10-11H2,1-2H3,(H,19,22)/t14-/m0/s1. The molecule has 0 spiro atoms. The lowest BCUT2D eigenvalue weighted by atomic mass is 10.0. The van der Waals surface area contributed by atoms with Crippen molar-refractivity contribution >= 4 is 27.7 Å². The third-order valence-corrected chi connectivity index (χ3v) is 5.78. The van der Waals surface area contributed by atoms with E-state index in [1.165, 1.54) is 6.07 Å². The van der Waals surface area contributed by atoms with Crippen LogP contribution in [0, 0.1) is 0 Å². The molecule has 0 aliphatic carbocycles. The van der Waals surface area contributed by atoms with E-state index in [0.717, 1.165) is 12.8 Å². The maximum absolute atomic E-state index is 12.6. The van der Waals surface area contributed by atoms with Crippen LogP contribution in [-0.4, -0.2) is 56.3 Å². The van der Waals surface area contributed by atoms with Gasteiger partial charge in [0.25, 0.3) is 15.9 Å². The molecule has 3 rings (SSSR count). The number of fused-ring (bicyclic) bond motifs is 1. The van der Waals surface area contributed by atoms with Gasteiger partial charge in [-0.1, -0.05) is 12.1 Å². The fourth-order valence-corrected chi connectivity index (χ4v) is 4.54. The van der Waals surface area contributed by atoms with E-state index < -0.39 is 22.0 Å². The second-order valence-corrected chi connectivity index (χ2v) is 8.49. The van der Waals surface area contributed by atoms with E-state index in [1.54, 1.807) is 23.1 Å². The normalized spacial score (nSPS) is 20.8. The molecule has 2 aliphatic rings. The highest BCUT2D eigenvalue weighted by atomic mass is 32.2. The van der Waals surface area contributed by atoms with Crippen LogP contribution in [0.25, 0.3) is 0 Å². The Bertz CT molecular complexity index is 879. The van der Waals surface area contributed by atoms with E-state index >= 15 is 0 Å². The Kier molecular flexibility index (Phi) is 5.50. The smallest absolute Gasteiger partial charge is 0.329 e. The zero-order chi connectivity index (χ0) is 19.6. The van der Waals surface area contributed by atoms with Crippen molar-refractivity contribution in [2.75, 3.05) is 13.2 Å². The Balaban J connectivity index is 1.79. The highest BCUT2D eigenvalue weighted by Gasteiger charge is 2.38. The number of nitrogens with zero attached hydrogens (tertiary/aromatic N) is 2. The van der Waals surface area contributed by atoms with Gasteiger partial charge in [-0.15, -0.1) is 4.40 Å². The van der Waals surface area contributed by atoms with Crippen molar-refractivity contribution in [3.8, 4) is 0 Å². The van der Waals surface area contributed by atoms with Gasteiger partial charge in [-0.25, -0.2) is 4.79 Å². The van der Waals surface area contributed by atoms with E-state index in [-0.39, 0.29) is 29.3 Å². The number of ether oxygens (including phenoxy) is 1. The number of sulfonamides is 1. The predicted molar refractivity (Wildman–Crippen MR) is 98.7 cm³/mol. The van der Waals surface area contributed by atoms with E-state index in [4.69, 9.17) is 4.74 Å². The van der Waals surface area contributed by atoms with Crippen LogP contribution >= 0.6 is 0 Å². The van der Waals surface area contributed by atoms with Crippen LogP contribution in [0.2, 0.25) is 0 Å². The molecule has 0 aromatic heterocycles. The van der Waals surface area contributed by atoms with Gasteiger partial charge in [-0.3, -0.25) is 4.79 Å². The molecule has 8 nitrogen and oxygen atoms in total. The summed E-state index contributed by atoms with van der Waals surface area (Å²) >= 11 is 0. The van der Waals surface area contributed by atoms with E-state index in [0.29, 0.717) is 18.5 Å². The average Bonchev–Trinajstić information content (AvgIpc) is 2.91. The maximum Gasteiger partial charge on any atom is 0.329 e. The SMILES string of the molecule is CC(C)NC(=O)COC(=O)[C@@H]1CCCCN1C1=NS(=O)(=O)c2ccccc21. The Hall–Kier alpha value is -2.42. The van der Waals surface area contributed by atoms with Crippen molar-refractivity contribution in [2.24, 2.45) is 4.40 Å². The number of carbonyl (C=O) groups excluding carboxylic acids is 2. The number of likely N-dealkylation sites (tertiary alicyclic amines) is 1. The summed E-state index contributed by atoms with van der Waals surface area (Å²) < 4.78 is 33.7. The number of rotatable bonds is 4. The molecule has 0 saturated carbocycles. The summed E-state index contributed by atoms with van der Waals surface area (Å²) in [6.45, 7) is 3.78. The van der Waals surface area contributed by atoms with Crippen molar-refractivity contribution in [2.45, 2.75) is 50.1 Å². The first-order chi connectivity index (χ1) is 12.8. The summed E-state index contributed by atoms with van der Waals surface area (Å²) in [6.07, 6.45) is 2.15. The lowest BCUT2D eigenvalue weighted by molar-refractivity contribution is -0.153. The zero-order valence-corrected chi connectivity index (χ0v) is 16.2. The number of amides is 1. The van der Waals surface area contributed by atoms with Crippen LogP contribution < -0.4 is 5.32 Å². The number of piperidine rings is 1. The molecule has 146 valence electrons. The molecule has 1 aromatic carbocycles. The van der Waals surface area contributed by atoms with Gasteiger partial charge in [-0.2, -0.15) is 8.42 Å². The fraction of sp³-hybridized carbons (Fsp3) is 0.500. The first-order valence-corrected chi connectivity index (χ1v) is 10.4. The van der Waals surface area contributed by atoms with Gasteiger partial charge in [0, 0.05) is 18.2 Å². The molecule has 2 aliphatic heterocycles. The van der Waals surface area contributed by atoms with E-state index in [1.807, 2.05) is 13.8 Å². The molecule has 0 radical (unpaired) electrons. The Morgan fingerprint density at radius 3 is 2.78 bits per heavy atom. The van der Waals surface area contributed by atoms with Gasteiger partial charge < -0.3 is 15.0 Å². The van der Waals surface area contributed by atoms with Crippen LogP contribution in [0.4, 0.5) is 0 Å². The number of amidine groups is 1. The molecule has 0 bridgehead atoms. The van der Waals surface area contributed by atoms with Crippen LogP contribution in [0.3, 0.4) is 0 Å². The molecule has 2 heterocycles. The largest absolute Gasteiger partial charge is 0.454 e. The van der Waals surface area contributed by atoms with Gasteiger partial charge in [0.2, 0.25) is 0 Å². The Morgan fingerprint density at radius 2 is 2.04 bits per heavy atom. The minimum atomic E-state index is -3.76. The predicted octanol–water partition coefficient (Wildman–Crippen LogP) is 1.06. The van der Waals surface area contributed by atoms with Gasteiger partial charge in [0.15, 0.2) is 12.4 Å². The number of nitrogens with one attached hydrogen (secondary N) is 1. The van der Waals surface area contributed by atoms with Gasteiger partial charge >= 0.3 is 5.97 Å². The molecule has 1 amide bonds. The van der Waals surface area contributed by atoms with Gasteiger partial charge in [-0.05, 0) is 45.2 Å². The van der Waals surface area contributed by atoms with E-state index in [2.05, 4.69) is 9.71 Å². The van der Waals surface area contributed by atoms with Gasteiger partial charge in [0.1, 0.15) is 10.9 Å². The van der Waals surface area contributed by atoms with Gasteiger partial charge in [0.05, 0.1) is 0 Å². The average molecular weight is 393 g/mol. The third kappa shape index (κ3) is 4.13. The van der Waals surface area contributed by atoms with Crippen molar-refractivity contribution in [3.05, 3.63) is 29.8 Å². The first-order valence-electron chi connectivity index (χ1n) is 8.96. The Morgan fingerprint density at radius 1 is 1.30 bits per heavy atom. The zero-order valence-electron chi connectivity index (χ0n) is 15.3. The highest BCUT2D eigenvalue weighted by Crippen LogP contribution is 2.30. The molecule has 1 fully saturated rings. The van der Waals surface area contributed by atoms with Crippen LogP contribution in [0.15, 0.2) is 33.6 Å². The number of benzene rings is 1. The summed E-state index contributed by atoms with van der Waals surface area (Å²) in [6, 6.07) is 5.87. The van der Waals surface area contributed by atoms with Crippen molar-refractivity contribution < 1.29 is 22.7 Å². The molecule has 27 heavy (non-hydrogen) atoms. The molecule has 1 saturated heterocycles. The third-order valence-electron chi connectivity index (χ3n) is 4.45. The van der Waals surface area contributed by atoms with Crippen molar-refractivity contribution in [1.82, 2.24) is 10.2 Å². The molecule has 9 heteroatoms. The highest BCUT2D eigenvalue weighted by molar-refractivity contribution is 7.90. The van der Waals surface area contributed by atoms with Crippen molar-refractivity contribution in [1.29, 1.82) is 0 Å². The molecular formula is C18H23N3O5S. The topological polar surface area (TPSA) is 105 Å². The molecule has 1 N–H and O–H groups in total. The summed E-state index contributed by atoms with van der Waals surface area (Å²) in [4.78, 5) is 26.1. The lowest BCUT2D eigenvalue weighted by Gasteiger charge is -2.35. The van der Waals surface area contributed by atoms with E-state index in [9.17, 15) is 18.0 Å². The lowest BCUT2D eigenvalue weighted by Crippen LogP contribution is -2.49. The van der Waals surface area contributed by atoms with Crippen LogP contribution in [0.5, 0.6) is 0 Å². The summed E-state index contributed by atoms with van der Waals surface area (Å²) in [5.74, 6) is -0.635. The number of carbonyl (C=O) groups is 2. The van der Waals surface area contributed by atoms with Crippen LogP contribution in [-0.2, 0) is 24.3 Å². The second kappa shape index (κ2) is 7.67. The van der Waals surface area contributed by atoms with Crippen molar-refractivity contribution in [3.63, 3.8) is 0 Å². The minimum absolute atomic E-state index is 0.0445. The molecule has 1 aromatic rings. The second-order valence-electron chi connectivity index (χ2n) is 6.92. The Labute approximate surface area is 158 Å². The monoisotopic (exact) mass is 393 g/mol. The molecule has 1 atom stereocenters. The maximum atomic E-state index is 12.6. The molecular weight excluding hydrogens is 370 g/mol.